The quantitative estimate of drug-likeness (QED) is 0.676. The predicted octanol–water partition coefficient (Wildman–Crippen LogP) is 4.52. The van der Waals surface area contributed by atoms with Gasteiger partial charge in [-0.1, -0.05) is 27.7 Å². The molecule has 0 aliphatic heterocycles. The number of hydrogen-bond acceptors (Lipinski definition) is 4. The molecule has 0 saturated heterocycles. The van der Waals surface area contributed by atoms with Crippen LogP contribution in [0.25, 0.3) is 0 Å². The Hall–Kier alpha value is -2.06. The molecule has 0 bridgehead atoms. The minimum atomic E-state index is -0.894. The van der Waals surface area contributed by atoms with Crippen LogP contribution in [-0.4, -0.2) is 24.7 Å². The number of anilines is 1. The molecule has 25 heavy (non-hydrogen) atoms. The van der Waals surface area contributed by atoms with Crippen molar-refractivity contribution in [1.29, 1.82) is 5.26 Å². The van der Waals surface area contributed by atoms with Crippen molar-refractivity contribution < 1.29 is 14.3 Å². The Morgan fingerprint density at radius 1 is 1.28 bits per heavy atom. The van der Waals surface area contributed by atoms with Crippen LogP contribution in [0.2, 0.25) is 0 Å². The average Bonchev–Trinajstić information content (AvgIpc) is 2.58. The summed E-state index contributed by atoms with van der Waals surface area (Å²) in [4.78, 5) is 12.8. The average molecular weight is 346 g/mol. The number of nitrogens with one attached hydrogen (secondary N) is 1. The first-order valence-electron chi connectivity index (χ1n) is 8.98. The smallest absolute Gasteiger partial charge is 0.256 e. The van der Waals surface area contributed by atoms with Crippen molar-refractivity contribution in [3.63, 3.8) is 0 Å². The highest BCUT2D eigenvalue weighted by Gasteiger charge is 2.35. The molecule has 0 radical (unpaired) electrons. The molecule has 138 valence electrons. The van der Waals surface area contributed by atoms with Crippen LogP contribution in [0.15, 0.2) is 18.2 Å². The number of carbonyl (C=O) groups is 1. The third-order valence-electron chi connectivity index (χ3n) is 3.72. The van der Waals surface area contributed by atoms with Gasteiger partial charge in [0.2, 0.25) is 0 Å². The highest BCUT2D eigenvalue weighted by molar-refractivity contribution is 5.97. The minimum absolute atomic E-state index is 0.194. The summed E-state index contributed by atoms with van der Waals surface area (Å²) in [5, 5.41) is 12.2. The zero-order chi connectivity index (χ0) is 18.9. The molecule has 1 N–H and O–H groups in total. The third kappa shape index (κ3) is 6.39. The lowest BCUT2D eigenvalue weighted by molar-refractivity contribution is -0.141. The summed E-state index contributed by atoms with van der Waals surface area (Å²) < 4.78 is 11.4. The third-order valence-corrected chi connectivity index (χ3v) is 3.72. The molecule has 0 fully saturated rings. The Labute approximate surface area is 151 Å². The second-order valence-corrected chi connectivity index (χ2v) is 6.80. The van der Waals surface area contributed by atoms with Crippen LogP contribution in [0, 0.1) is 17.2 Å². The molecular formula is C20H30N2O3. The van der Waals surface area contributed by atoms with Gasteiger partial charge in [-0.25, -0.2) is 0 Å². The standard InChI is InChI=1S/C20H30N2O3/c1-6-10-24-18-9-8-17(12-16(18)14-21)22-19(23)20(5,13-15(3)4)25-11-7-2/h8-9,12,15H,6-7,10-11,13H2,1-5H3,(H,22,23)/t20-/m1/s1. The Morgan fingerprint density at radius 3 is 2.52 bits per heavy atom. The molecule has 0 aromatic heterocycles. The van der Waals surface area contributed by atoms with Crippen LogP contribution >= 0.6 is 0 Å². The summed E-state index contributed by atoms with van der Waals surface area (Å²) in [5.41, 5.74) is 0.0840. The lowest BCUT2D eigenvalue weighted by Gasteiger charge is -2.30. The molecule has 1 aromatic rings. The summed E-state index contributed by atoms with van der Waals surface area (Å²) >= 11 is 0. The fraction of sp³-hybridized carbons (Fsp3) is 0.600. The van der Waals surface area contributed by atoms with E-state index in [0.29, 0.717) is 42.6 Å². The van der Waals surface area contributed by atoms with Gasteiger partial charge >= 0.3 is 0 Å². The number of carbonyl (C=O) groups excluding carboxylic acids is 1. The summed E-state index contributed by atoms with van der Waals surface area (Å²) in [6, 6.07) is 7.22. The van der Waals surface area contributed by atoms with Crippen molar-refractivity contribution in [3.8, 4) is 11.8 Å². The van der Waals surface area contributed by atoms with E-state index < -0.39 is 5.60 Å². The SMILES string of the molecule is CCCOc1ccc(NC(=O)[C@@](C)(CC(C)C)OCCC)cc1C#N. The molecule has 5 nitrogen and oxygen atoms in total. The van der Waals surface area contributed by atoms with Crippen molar-refractivity contribution in [2.24, 2.45) is 5.92 Å². The van der Waals surface area contributed by atoms with Crippen LogP contribution in [0.1, 0.15) is 59.4 Å². The van der Waals surface area contributed by atoms with Crippen LogP contribution in [0.4, 0.5) is 5.69 Å². The molecule has 0 unspecified atom stereocenters. The van der Waals surface area contributed by atoms with Gasteiger partial charge in [0.25, 0.3) is 5.91 Å². The maximum Gasteiger partial charge on any atom is 0.256 e. The van der Waals surface area contributed by atoms with E-state index in [4.69, 9.17) is 9.47 Å². The normalized spacial score (nSPS) is 13.2. The second kappa shape index (κ2) is 10.0. The molecule has 0 spiro atoms. The Bertz CT molecular complexity index is 607. The number of nitriles is 1. The minimum Gasteiger partial charge on any atom is -0.492 e. The second-order valence-electron chi connectivity index (χ2n) is 6.80. The van der Waals surface area contributed by atoms with Crippen LogP contribution in [0.5, 0.6) is 5.75 Å². The first-order valence-corrected chi connectivity index (χ1v) is 8.98. The molecule has 1 amide bonds. The predicted molar refractivity (Wildman–Crippen MR) is 99.7 cm³/mol. The van der Waals surface area contributed by atoms with E-state index in [1.165, 1.54) is 0 Å². The molecule has 0 aliphatic rings. The van der Waals surface area contributed by atoms with Crippen molar-refractivity contribution >= 4 is 11.6 Å². The monoisotopic (exact) mass is 346 g/mol. The van der Waals surface area contributed by atoms with E-state index >= 15 is 0 Å². The largest absolute Gasteiger partial charge is 0.492 e. The van der Waals surface area contributed by atoms with Crippen molar-refractivity contribution in [3.05, 3.63) is 23.8 Å². The molecule has 0 heterocycles. The summed E-state index contributed by atoms with van der Waals surface area (Å²) in [7, 11) is 0. The van der Waals surface area contributed by atoms with Gasteiger partial charge in [0.1, 0.15) is 17.4 Å². The highest BCUT2D eigenvalue weighted by atomic mass is 16.5. The van der Waals surface area contributed by atoms with Gasteiger partial charge < -0.3 is 14.8 Å². The highest BCUT2D eigenvalue weighted by Crippen LogP contribution is 2.26. The fourth-order valence-corrected chi connectivity index (χ4v) is 2.62. The summed E-state index contributed by atoms with van der Waals surface area (Å²) in [6.07, 6.45) is 2.34. The van der Waals surface area contributed by atoms with Crippen LogP contribution < -0.4 is 10.1 Å². The molecule has 0 saturated carbocycles. The van der Waals surface area contributed by atoms with Crippen LogP contribution in [-0.2, 0) is 9.53 Å². The first-order chi connectivity index (χ1) is 11.9. The molecule has 0 aliphatic carbocycles. The van der Waals surface area contributed by atoms with E-state index in [2.05, 4.69) is 25.2 Å². The number of amides is 1. The fourth-order valence-electron chi connectivity index (χ4n) is 2.62. The summed E-state index contributed by atoms with van der Waals surface area (Å²) in [5.74, 6) is 0.669. The lowest BCUT2D eigenvalue weighted by atomic mass is 9.93. The first kappa shape index (κ1) is 21.0. The zero-order valence-electron chi connectivity index (χ0n) is 16.0. The van der Waals surface area contributed by atoms with Crippen LogP contribution in [0.3, 0.4) is 0 Å². The van der Waals surface area contributed by atoms with Gasteiger partial charge in [0, 0.05) is 12.3 Å². The number of ether oxygens (including phenoxy) is 2. The zero-order valence-corrected chi connectivity index (χ0v) is 16.0. The molecule has 1 aromatic carbocycles. The Kier molecular flexibility index (Phi) is 8.44. The Balaban J connectivity index is 2.94. The molecule has 1 atom stereocenters. The summed E-state index contributed by atoms with van der Waals surface area (Å²) in [6.45, 7) is 11.1. The van der Waals surface area contributed by atoms with E-state index in [0.717, 1.165) is 12.8 Å². The van der Waals surface area contributed by atoms with Gasteiger partial charge in [0.15, 0.2) is 0 Å². The van der Waals surface area contributed by atoms with Crippen molar-refractivity contribution in [1.82, 2.24) is 0 Å². The Morgan fingerprint density at radius 2 is 1.96 bits per heavy atom. The molecule has 1 rings (SSSR count). The number of rotatable bonds is 10. The number of hydrogen-bond donors (Lipinski definition) is 1. The maximum atomic E-state index is 12.8. The number of benzene rings is 1. The molecular weight excluding hydrogens is 316 g/mol. The van der Waals surface area contributed by atoms with Crippen molar-refractivity contribution in [2.75, 3.05) is 18.5 Å². The van der Waals surface area contributed by atoms with E-state index in [1.807, 2.05) is 20.8 Å². The van der Waals surface area contributed by atoms with Crippen molar-refractivity contribution in [2.45, 2.75) is 59.5 Å². The van der Waals surface area contributed by atoms with Gasteiger partial charge in [0.05, 0.1) is 12.2 Å². The van der Waals surface area contributed by atoms with Gasteiger partial charge in [-0.15, -0.1) is 0 Å². The van der Waals surface area contributed by atoms with Gasteiger partial charge in [-0.05, 0) is 50.3 Å². The van der Waals surface area contributed by atoms with Gasteiger partial charge in [-0.3, -0.25) is 4.79 Å². The lowest BCUT2D eigenvalue weighted by Crippen LogP contribution is -2.44. The maximum absolute atomic E-state index is 12.8. The van der Waals surface area contributed by atoms with E-state index in [1.54, 1.807) is 18.2 Å². The number of nitrogens with zero attached hydrogens (tertiary/aromatic N) is 1. The van der Waals surface area contributed by atoms with E-state index in [9.17, 15) is 10.1 Å². The van der Waals surface area contributed by atoms with Gasteiger partial charge in [-0.2, -0.15) is 5.26 Å². The molecule has 5 heteroatoms. The topological polar surface area (TPSA) is 71.3 Å². The van der Waals surface area contributed by atoms with E-state index in [-0.39, 0.29) is 5.91 Å².